The van der Waals surface area contributed by atoms with E-state index < -0.39 is 0 Å². The Morgan fingerprint density at radius 2 is 2.10 bits per heavy atom. The van der Waals surface area contributed by atoms with Crippen LogP contribution in [0.15, 0.2) is 36.4 Å². The summed E-state index contributed by atoms with van der Waals surface area (Å²) in [6, 6.07) is 12.2. The van der Waals surface area contributed by atoms with Crippen LogP contribution in [0.2, 0.25) is 0 Å². The van der Waals surface area contributed by atoms with Gasteiger partial charge in [-0.1, -0.05) is 12.1 Å². The first kappa shape index (κ1) is 15.4. The van der Waals surface area contributed by atoms with Crippen molar-refractivity contribution in [3.63, 3.8) is 0 Å². The smallest absolute Gasteiger partial charge is 0.220 e. The van der Waals surface area contributed by atoms with Gasteiger partial charge in [-0.25, -0.2) is 0 Å². The SMILES string of the molecule is Cc1ccc(C(C)Nc2ccccc2OCCC(N)=O)s1. The molecule has 2 rings (SSSR count). The molecule has 0 radical (unpaired) electrons. The van der Waals surface area contributed by atoms with E-state index in [0.717, 1.165) is 11.4 Å². The number of nitrogens with one attached hydrogen (secondary N) is 1. The largest absolute Gasteiger partial charge is 0.491 e. The van der Waals surface area contributed by atoms with Crippen LogP contribution in [-0.4, -0.2) is 12.5 Å². The molecule has 0 saturated carbocycles. The van der Waals surface area contributed by atoms with E-state index in [1.54, 1.807) is 11.3 Å². The molecule has 4 nitrogen and oxygen atoms in total. The zero-order valence-corrected chi connectivity index (χ0v) is 13.1. The average Bonchev–Trinajstić information content (AvgIpc) is 2.87. The van der Waals surface area contributed by atoms with E-state index in [1.807, 2.05) is 24.3 Å². The third kappa shape index (κ3) is 4.49. The first-order valence-electron chi connectivity index (χ1n) is 6.89. The third-order valence-electron chi connectivity index (χ3n) is 3.05. The number of rotatable bonds is 7. The fourth-order valence-electron chi connectivity index (χ4n) is 1.96. The van der Waals surface area contributed by atoms with Gasteiger partial charge in [-0.05, 0) is 38.1 Å². The van der Waals surface area contributed by atoms with E-state index in [1.165, 1.54) is 9.75 Å². The molecular formula is C16H20N2O2S. The number of hydrogen-bond donors (Lipinski definition) is 2. The Kier molecular flexibility index (Phi) is 5.22. The Hall–Kier alpha value is -2.01. The fourth-order valence-corrected chi connectivity index (χ4v) is 2.84. The molecule has 0 bridgehead atoms. The van der Waals surface area contributed by atoms with Gasteiger partial charge in [0.25, 0.3) is 0 Å². The van der Waals surface area contributed by atoms with Gasteiger partial charge in [0, 0.05) is 9.75 Å². The van der Waals surface area contributed by atoms with Crippen molar-refractivity contribution in [2.24, 2.45) is 5.73 Å². The number of aryl methyl sites for hydroxylation is 1. The molecule has 1 amide bonds. The number of ether oxygens (including phenoxy) is 1. The zero-order valence-electron chi connectivity index (χ0n) is 12.3. The highest BCUT2D eigenvalue weighted by Gasteiger charge is 2.10. The predicted molar refractivity (Wildman–Crippen MR) is 86.8 cm³/mol. The highest BCUT2D eigenvalue weighted by molar-refractivity contribution is 7.12. The number of thiophene rings is 1. The molecule has 1 heterocycles. The minimum Gasteiger partial charge on any atom is -0.491 e. The molecule has 0 fully saturated rings. The molecule has 0 saturated heterocycles. The Morgan fingerprint density at radius 1 is 1.33 bits per heavy atom. The van der Waals surface area contributed by atoms with Crippen molar-refractivity contribution < 1.29 is 9.53 Å². The number of anilines is 1. The molecule has 0 spiro atoms. The number of amides is 1. The minimum absolute atomic E-state index is 0.199. The number of primary amides is 1. The summed E-state index contributed by atoms with van der Waals surface area (Å²) in [4.78, 5) is 13.3. The third-order valence-corrected chi connectivity index (χ3v) is 4.24. The Morgan fingerprint density at radius 3 is 2.76 bits per heavy atom. The van der Waals surface area contributed by atoms with E-state index in [-0.39, 0.29) is 18.4 Å². The van der Waals surface area contributed by atoms with Crippen LogP contribution >= 0.6 is 11.3 Å². The molecule has 1 atom stereocenters. The molecule has 0 aliphatic rings. The second-order valence-corrected chi connectivity index (χ2v) is 6.19. The minimum atomic E-state index is -0.358. The van der Waals surface area contributed by atoms with Crippen LogP contribution < -0.4 is 15.8 Å². The molecule has 3 N–H and O–H groups in total. The lowest BCUT2D eigenvalue weighted by Gasteiger charge is -2.17. The molecule has 0 aliphatic heterocycles. The van der Waals surface area contributed by atoms with Gasteiger partial charge < -0.3 is 15.8 Å². The molecule has 21 heavy (non-hydrogen) atoms. The summed E-state index contributed by atoms with van der Waals surface area (Å²) in [6.07, 6.45) is 0.216. The fraction of sp³-hybridized carbons (Fsp3) is 0.312. The van der Waals surface area contributed by atoms with Gasteiger partial charge in [0.2, 0.25) is 5.91 Å². The number of carbonyl (C=O) groups is 1. The summed E-state index contributed by atoms with van der Waals surface area (Å²) in [5.41, 5.74) is 6.04. The molecular weight excluding hydrogens is 284 g/mol. The number of para-hydroxylation sites is 2. The van der Waals surface area contributed by atoms with Crippen molar-refractivity contribution in [2.75, 3.05) is 11.9 Å². The maximum atomic E-state index is 10.8. The number of benzene rings is 1. The van der Waals surface area contributed by atoms with E-state index >= 15 is 0 Å². The van der Waals surface area contributed by atoms with Gasteiger partial charge in [0.05, 0.1) is 24.8 Å². The van der Waals surface area contributed by atoms with Crippen LogP contribution in [0.3, 0.4) is 0 Å². The standard InChI is InChI=1S/C16H20N2O2S/c1-11-7-8-15(21-11)12(2)18-13-5-3-4-6-14(13)20-10-9-16(17)19/h3-8,12,18H,9-10H2,1-2H3,(H2,17,19). The van der Waals surface area contributed by atoms with Gasteiger partial charge in [-0.15, -0.1) is 11.3 Å². The highest BCUT2D eigenvalue weighted by atomic mass is 32.1. The Balaban J connectivity index is 2.03. The second-order valence-electron chi connectivity index (χ2n) is 4.88. The van der Waals surface area contributed by atoms with Crippen LogP contribution in [0.4, 0.5) is 5.69 Å². The lowest BCUT2D eigenvalue weighted by Crippen LogP contribution is -2.15. The van der Waals surface area contributed by atoms with Crippen LogP contribution in [0.1, 0.15) is 29.1 Å². The quantitative estimate of drug-likeness (QED) is 0.823. The molecule has 5 heteroatoms. The molecule has 2 aromatic rings. The molecule has 1 aromatic carbocycles. The van der Waals surface area contributed by atoms with Crippen molar-refractivity contribution in [2.45, 2.75) is 26.3 Å². The van der Waals surface area contributed by atoms with Gasteiger partial charge in [0.15, 0.2) is 0 Å². The van der Waals surface area contributed by atoms with E-state index in [9.17, 15) is 4.79 Å². The lowest BCUT2D eigenvalue weighted by molar-refractivity contribution is -0.118. The zero-order chi connectivity index (χ0) is 15.2. The lowest BCUT2D eigenvalue weighted by atomic mass is 10.2. The molecule has 1 aromatic heterocycles. The Bertz CT molecular complexity index is 610. The highest BCUT2D eigenvalue weighted by Crippen LogP contribution is 2.30. The topological polar surface area (TPSA) is 64.3 Å². The van der Waals surface area contributed by atoms with E-state index in [2.05, 4.69) is 31.3 Å². The first-order chi connectivity index (χ1) is 10.1. The van der Waals surface area contributed by atoms with Crippen LogP contribution in [0, 0.1) is 6.92 Å². The van der Waals surface area contributed by atoms with E-state index in [4.69, 9.17) is 10.5 Å². The average molecular weight is 304 g/mol. The molecule has 112 valence electrons. The molecule has 1 unspecified atom stereocenters. The predicted octanol–water partition coefficient (Wildman–Crippen LogP) is 3.48. The van der Waals surface area contributed by atoms with Crippen LogP contribution in [0.25, 0.3) is 0 Å². The van der Waals surface area contributed by atoms with Gasteiger partial charge in [-0.2, -0.15) is 0 Å². The summed E-state index contributed by atoms with van der Waals surface area (Å²) in [6.45, 7) is 4.51. The first-order valence-corrected chi connectivity index (χ1v) is 7.71. The summed E-state index contributed by atoms with van der Waals surface area (Å²) in [7, 11) is 0. The molecule has 0 aliphatic carbocycles. The van der Waals surface area contributed by atoms with Crippen molar-refractivity contribution in [1.29, 1.82) is 0 Å². The van der Waals surface area contributed by atoms with Gasteiger partial charge >= 0.3 is 0 Å². The monoisotopic (exact) mass is 304 g/mol. The summed E-state index contributed by atoms with van der Waals surface area (Å²) in [5, 5.41) is 3.45. The van der Waals surface area contributed by atoms with Crippen LogP contribution in [0.5, 0.6) is 5.75 Å². The van der Waals surface area contributed by atoms with E-state index in [0.29, 0.717) is 6.61 Å². The van der Waals surface area contributed by atoms with Crippen molar-refractivity contribution >= 4 is 22.9 Å². The normalized spacial score (nSPS) is 11.9. The number of nitrogens with two attached hydrogens (primary N) is 1. The number of carbonyl (C=O) groups excluding carboxylic acids is 1. The van der Waals surface area contributed by atoms with Crippen LogP contribution in [-0.2, 0) is 4.79 Å². The summed E-state index contributed by atoms with van der Waals surface area (Å²) < 4.78 is 5.63. The second kappa shape index (κ2) is 7.13. The van der Waals surface area contributed by atoms with Crippen molar-refractivity contribution in [1.82, 2.24) is 0 Å². The summed E-state index contributed by atoms with van der Waals surface area (Å²) in [5.74, 6) is 0.377. The van der Waals surface area contributed by atoms with Crippen molar-refractivity contribution in [3.8, 4) is 5.75 Å². The van der Waals surface area contributed by atoms with Gasteiger partial charge in [0.1, 0.15) is 5.75 Å². The summed E-state index contributed by atoms with van der Waals surface area (Å²) >= 11 is 1.78. The Labute approximate surface area is 128 Å². The maximum absolute atomic E-state index is 10.8. The van der Waals surface area contributed by atoms with Crippen molar-refractivity contribution in [3.05, 3.63) is 46.2 Å². The number of hydrogen-bond acceptors (Lipinski definition) is 4. The van der Waals surface area contributed by atoms with Gasteiger partial charge in [-0.3, -0.25) is 4.79 Å². The maximum Gasteiger partial charge on any atom is 0.220 e.